The summed E-state index contributed by atoms with van der Waals surface area (Å²) in [6, 6.07) is 0. The number of carboxylic acids is 1. The number of nitrogens with one attached hydrogen (secondary N) is 1. The predicted molar refractivity (Wildman–Crippen MR) is 71.0 cm³/mol. The van der Waals surface area contributed by atoms with Crippen LogP contribution in [0.1, 0.15) is 32.1 Å². The lowest BCUT2D eigenvalue weighted by Crippen LogP contribution is -2.34. The largest absolute Gasteiger partial charge is 0.481 e. The van der Waals surface area contributed by atoms with Gasteiger partial charge in [-0.25, -0.2) is 0 Å². The van der Waals surface area contributed by atoms with E-state index in [9.17, 15) is 9.59 Å². The smallest absolute Gasteiger partial charge is 0.303 e. The minimum atomic E-state index is -0.824. The average Bonchev–Trinajstić information content (AvgIpc) is 2.39. The Hall–Kier alpha value is -1.14. The lowest BCUT2D eigenvalue weighted by atomic mass is 10.1. The molecule has 0 atom stereocenters. The molecule has 1 aliphatic rings. The van der Waals surface area contributed by atoms with Crippen LogP contribution in [0.25, 0.3) is 0 Å². The Morgan fingerprint density at radius 2 is 2.00 bits per heavy atom. The van der Waals surface area contributed by atoms with Gasteiger partial charge in [0.15, 0.2) is 0 Å². The highest BCUT2D eigenvalue weighted by molar-refractivity contribution is 5.76. The summed E-state index contributed by atoms with van der Waals surface area (Å²) >= 11 is 0. The zero-order valence-corrected chi connectivity index (χ0v) is 11.6. The second-order valence-electron chi connectivity index (χ2n) is 4.88. The minimum Gasteiger partial charge on any atom is -0.481 e. The summed E-state index contributed by atoms with van der Waals surface area (Å²) in [6.45, 7) is 2.90. The highest BCUT2D eigenvalue weighted by Crippen LogP contribution is 2.07. The van der Waals surface area contributed by atoms with Gasteiger partial charge in [0.1, 0.15) is 0 Å². The number of aliphatic carboxylic acids is 1. The van der Waals surface area contributed by atoms with E-state index in [1.165, 1.54) is 0 Å². The van der Waals surface area contributed by atoms with Crippen molar-refractivity contribution in [3.05, 3.63) is 0 Å². The molecule has 1 amide bonds. The van der Waals surface area contributed by atoms with Gasteiger partial charge in [0.2, 0.25) is 5.91 Å². The van der Waals surface area contributed by atoms with Crippen LogP contribution in [0.2, 0.25) is 0 Å². The molecule has 1 heterocycles. The molecule has 0 aromatic rings. The number of ether oxygens (including phenoxy) is 1. The van der Waals surface area contributed by atoms with Crippen molar-refractivity contribution >= 4 is 11.9 Å². The summed E-state index contributed by atoms with van der Waals surface area (Å²) in [5, 5.41) is 11.8. The molecule has 19 heavy (non-hydrogen) atoms. The predicted octanol–water partition coefficient (Wildman–Crippen LogP) is 0.468. The van der Waals surface area contributed by atoms with Crippen LogP contribution < -0.4 is 5.32 Å². The number of nitrogens with zero attached hydrogens (tertiary/aromatic N) is 1. The normalized spacial score (nSPS) is 16.3. The van der Waals surface area contributed by atoms with Crippen LogP contribution in [-0.2, 0) is 14.3 Å². The van der Waals surface area contributed by atoms with Crippen LogP contribution in [0.15, 0.2) is 0 Å². The Morgan fingerprint density at radius 1 is 1.32 bits per heavy atom. The highest BCUT2D eigenvalue weighted by atomic mass is 16.5. The first-order valence-electron chi connectivity index (χ1n) is 6.87. The van der Waals surface area contributed by atoms with Crippen molar-refractivity contribution < 1.29 is 19.4 Å². The molecule has 6 heteroatoms. The van der Waals surface area contributed by atoms with E-state index in [1.54, 1.807) is 11.9 Å². The van der Waals surface area contributed by atoms with Gasteiger partial charge in [-0.3, -0.25) is 9.59 Å². The second-order valence-corrected chi connectivity index (χ2v) is 4.88. The number of amides is 1. The van der Waals surface area contributed by atoms with Gasteiger partial charge in [-0.05, 0) is 32.4 Å². The Morgan fingerprint density at radius 3 is 2.63 bits per heavy atom. The monoisotopic (exact) mass is 272 g/mol. The summed E-state index contributed by atoms with van der Waals surface area (Å²) < 4.78 is 5.66. The van der Waals surface area contributed by atoms with E-state index in [1.807, 2.05) is 0 Å². The number of hydrogen-bond acceptors (Lipinski definition) is 4. The van der Waals surface area contributed by atoms with Gasteiger partial charge in [0.25, 0.3) is 0 Å². The molecule has 0 saturated carbocycles. The van der Waals surface area contributed by atoms with Crippen LogP contribution >= 0.6 is 0 Å². The molecular weight excluding hydrogens is 248 g/mol. The SMILES string of the molecule is CN(CCCC(=O)O)C(=O)CCOC1CCNCC1. The number of hydrogen-bond donors (Lipinski definition) is 2. The van der Waals surface area contributed by atoms with E-state index < -0.39 is 5.97 Å². The van der Waals surface area contributed by atoms with Gasteiger partial charge in [-0.1, -0.05) is 0 Å². The van der Waals surface area contributed by atoms with E-state index in [-0.39, 0.29) is 18.4 Å². The van der Waals surface area contributed by atoms with E-state index in [4.69, 9.17) is 9.84 Å². The molecule has 1 saturated heterocycles. The summed E-state index contributed by atoms with van der Waals surface area (Å²) in [6.07, 6.45) is 3.24. The first kappa shape index (κ1) is 15.9. The lowest BCUT2D eigenvalue weighted by Gasteiger charge is -2.23. The molecule has 1 aliphatic heterocycles. The Balaban J connectivity index is 2.06. The van der Waals surface area contributed by atoms with E-state index in [0.29, 0.717) is 26.0 Å². The zero-order valence-electron chi connectivity index (χ0n) is 11.6. The third kappa shape index (κ3) is 7.12. The van der Waals surface area contributed by atoms with Gasteiger partial charge in [-0.15, -0.1) is 0 Å². The fourth-order valence-electron chi connectivity index (χ4n) is 2.06. The van der Waals surface area contributed by atoms with Gasteiger partial charge in [0.05, 0.1) is 19.1 Å². The van der Waals surface area contributed by atoms with Gasteiger partial charge < -0.3 is 20.1 Å². The van der Waals surface area contributed by atoms with Crippen molar-refractivity contribution in [3.8, 4) is 0 Å². The molecule has 110 valence electrons. The maximum Gasteiger partial charge on any atom is 0.303 e. The minimum absolute atomic E-state index is 0.0133. The van der Waals surface area contributed by atoms with Crippen LogP contribution in [0, 0.1) is 0 Å². The van der Waals surface area contributed by atoms with Crippen molar-refractivity contribution in [2.75, 3.05) is 33.3 Å². The van der Waals surface area contributed by atoms with Crippen molar-refractivity contribution in [2.45, 2.75) is 38.2 Å². The third-order valence-corrected chi connectivity index (χ3v) is 3.27. The fourth-order valence-corrected chi connectivity index (χ4v) is 2.06. The van der Waals surface area contributed by atoms with Crippen LogP contribution in [0.3, 0.4) is 0 Å². The average molecular weight is 272 g/mol. The third-order valence-electron chi connectivity index (χ3n) is 3.27. The maximum atomic E-state index is 11.7. The summed E-state index contributed by atoms with van der Waals surface area (Å²) in [5.41, 5.74) is 0. The van der Waals surface area contributed by atoms with Crippen LogP contribution in [-0.4, -0.2) is 61.3 Å². The summed E-state index contributed by atoms with van der Waals surface area (Å²) in [4.78, 5) is 23.7. The number of carbonyl (C=O) groups is 2. The van der Waals surface area contributed by atoms with E-state index >= 15 is 0 Å². The molecule has 0 aromatic carbocycles. The van der Waals surface area contributed by atoms with E-state index in [0.717, 1.165) is 25.9 Å². The molecule has 0 aliphatic carbocycles. The van der Waals surface area contributed by atoms with Gasteiger partial charge >= 0.3 is 5.97 Å². The Bertz CT molecular complexity index is 290. The second kappa shape index (κ2) is 8.87. The quantitative estimate of drug-likeness (QED) is 0.671. The van der Waals surface area contributed by atoms with Gasteiger partial charge in [-0.2, -0.15) is 0 Å². The van der Waals surface area contributed by atoms with Crippen molar-refractivity contribution in [1.82, 2.24) is 10.2 Å². The zero-order chi connectivity index (χ0) is 14.1. The number of carboxylic acid groups (broad SMARTS) is 1. The molecule has 0 spiro atoms. The first-order valence-corrected chi connectivity index (χ1v) is 6.87. The van der Waals surface area contributed by atoms with Crippen molar-refractivity contribution in [1.29, 1.82) is 0 Å². The Labute approximate surface area is 114 Å². The standard InChI is InChI=1S/C13H24N2O4/c1-15(9-2-3-13(17)18)12(16)6-10-19-11-4-7-14-8-5-11/h11,14H,2-10H2,1H3,(H,17,18). The molecule has 0 bridgehead atoms. The molecule has 2 N–H and O–H groups in total. The maximum absolute atomic E-state index is 11.7. The molecule has 1 fully saturated rings. The fraction of sp³-hybridized carbons (Fsp3) is 0.846. The van der Waals surface area contributed by atoms with Gasteiger partial charge in [0, 0.05) is 20.0 Å². The van der Waals surface area contributed by atoms with Crippen molar-refractivity contribution in [2.24, 2.45) is 0 Å². The van der Waals surface area contributed by atoms with Crippen LogP contribution in [0.5, 0.6) is 0 Å². The molecule has 0 unspecified atom stereocenters. The summed E-state index contributed by atoms with van der Waals surface area (Å²) in [7, 11) is 1.70. The first-order chi connectivity index (χ1) is 9.09. The lowest BCUT2D eigenvalue weighted by molar-refractivity contribution is -0.138. The van der Waals surface area contributed by atoms with Crippen molar-refractivity contribution in [3.63, 3.8) is 0 Å². The van der Waals surface area contributed by atoms with E-state index in [2.05, 4.69) is 5.32 Å². The molecule has 1 rings (SSSR count). The summed E-state index contributed by atoms with van der Waals surface area (Å²) in [5.74, 6) is -0.811. The van der Waals surface area contributed by atoms with Crippen LogP contribution in [0.4, 0.5) is 0 Å². The molecule has 0 aromatic heterocycles. The number of piperidine rings is 1. The molecule has 6 nitrogen and oxygen atoms in total. The number of carbonyl (C=O) groups excluding carboxylic acids is 1. The highest BCUT2D eigenvalue weighted by Gasteiger charge is 2.14. The molecule has 0 radical (unpaired) electrons. The number of rotatable bonds is 8. The Kier molecular flexibility index (Phi) is 7.43. The topological polar surface area (TPSA) is 78.9 Å². The molecular formula is C13H24N2O4.